The maximum Gasteiger partial charge on any atom is 0.240 e. The molecule has 3 nitrogen and oxygen atoms in total. The van der Waals surface area contributed by atoms with E-state index < -0.39 is 0 Å². The summed E-state index contributed by atoms with van der Waals surface area (Å²) in [4.78, 5) is 8.60. The molecule has 1 aromatic heterocycles. The normalized spacial score (nSPS) is 14.0. The number of aliphatic imine (C=N–C) groups is 1. The Morgan fingerprint density at radius 1 is 0.821 bits per heavy atom. The van der Waals surface area contributed by atoms with Crippen LogP contribution in [0.5, 0.6) is 0 Å². The van der Waals surface area contributed by atoms with Gasteiger partial charge in [0.15, 0.2) is 5.70 Å². The Morgan fingerprint density at radius 2 is 1.54 bits per heavy atom. The number of benzene rings is 3. The van der Waals surface area contributed by atoms with E-state index in [1.807, 2.05) is 6.07 Å². The third-order valence-corrected chi connectivity index (χ3v) is 5.65. The van der Waals surface area contributed by atoms with Gasteiger partial charge in [0.05, 0.1) is 5.56 Å². The van der Waals surface area contributed by atoms with Crippen LogP contribution in [0, 0.1) is 6.92 Å². The van der Waals surface area contributed by atoms with Gasteiger partial charge in [0, 0.05) is 32.2 Å². The molecule has 1 aliphatic heterocycles. The number of amidine groups is 1. The molecule has 0 spiro atoms. The van der Waals surface area contributed by atoms with Crippen molar-refractivity contribution >= 4 is 44.1 Å². The van der Waals surface area contributed by atoms with Crippen molar-refractivity contribution in [2.24, 2.45) is 4.99 Å². The molecule has 28 heavy (non-hydrogen) atoms. The molecule has 3 N–H and O–H groups in total. The van der Waals surface area contributed by atoms with Crippen LogP contribution < -0.4 is 5.32 Å². The first kappa shape index (κ1) is 17.2. The monoisotopic (exact) mass is 428 g/mol. The fourth-order valence-electron chi connectivity index (χ4n) is 3.82. The molecule has 3 aromatic carbocycles. The summed E-state index contributed by atoms with van der Waals surface area (Å²) in [6, 6.07) is 27.2. The number of nitrogens with two attached hydrogens (primary N) is 1. The van der Waals surface area contributed by atoms with Gasteiger partial charge in [0.1, 0.15) is 5.70 Å². The lowest BCUT2D eigenvalue weighted by Crippen LogP contribution is -2.83. The van der Waals surface area contributed by atoms with Crippen LogP contribution in [0.3, 0.4) is 0 Å². The molecule has 0 radical (unpaired) electrons. The van der Waals surface area contributed by atoms with E-state index in [2.05, 4.69) is 106 Å². The topological polar surface area (TPSA) is 44.8 Å². The van der Waals surface area contributed by atoms with Crippen molar-refractivity contribution in [1.29, 1.82) is 0 Å². The molecule has 0 unspecified atom stereocenters. The zero-order valence-corrected chi connectivity index (χ0v) is 17.0. The number of nitrogens with one attached hydrogen (secondary N) is 1. The van der Waals surface area contributed by atoms with Crippen molar-refractivity contribution < 1.29 is 5.32 Å². The number of aromatic nitrogens is 1. The molecule has 0 saturated carbocycles. The van der Waals surface area contributed by atoms with Gasteiger partial charge in [-0.2, -0.15) is 4.99 Å². The van der Waals surface area contributed by atoms with E-state index in [-0.39, 0.29) is 0 Å². The minimum atomic E-state index is 1.01. The van der Waals surface area contributed by atoms with Crippen molar-refractivity contribution in [1.82, 2.24) is 4.98 Å². The van der Waals surface area contributed by atoms with Gasteiger partial charge >= 0.3 is 0 Å². The van der Waals surface area contributed by atoms with Crippen LogP contribution in [-0.2, 0) is 0 Å². The van der Waals surface area contributed by atoms with Crippen molar-refractivity contribution in [2.45, 2.75) is 6.92 Å². The summed E-state index contributed by atoms with van der Waals surface area (Å²) in [6.07, 6.45) is 0. The number of nitrogens with zero attached hydrogens (tertiary/aromatic N) is 1. The second-order valence-electron chi connectivity index (χ2n) is 6.95. The molecule has 4 aromatic rings. The minimum absolute atomic E-state index is 1.01. The number of quaternary nitrogens is 1. The van der Waals surface area contributed by atoms with Crippen LogP contribution in [0.25, 0.3) is 22.3 Å². The summed E-state index contributed by atoms with van der Waals surface area (Å²) in [5.74, 6) is 1.01. The summed E-state index contributed by atoms with van der Waals surface area (Å²) in [5, 5.41) is 3.42. The number of aryl methyl sites for hydroxylation is 1. The van der Waals surface area contributed by atoms with E-state index in [4.69, 9.17) is 4.99 Å². The molecule has 2 heterocycles. The summed E-state index contributed by atoms with van der Waals surface area (Å²) < 4.78 is 1.07. The second kappa shape index (κ2) is 6.89. The molecule has 0 fully saturated rings. The summed E-state index contributed by atoms with van der Waals surface area (Å²) in [5.41, 5.74) is 7.92. The fourth-order valence-corrected chi connectivity index (χ4v) is 4.08. The maximum atomic E-state index is 5.10. The Balaban J connectivity index is 1.67. The molecule has 4 heteroatoms. The molecule has 0 amide bonds. The predicted octanol–water partition coefficient (Wildman–Crippen LogP) is 5.09. The Bertz CT molecular complexity index is 1230. The number of halogens is 1. The molecule has 0 aliphatic carbocycles. The van der Waals surface area contributed by atoms with Crippen molar-refractivity contribution in [3.63, 3.8) is 0 Å². The lowest BCUT2D eigenvalue weighted by Gasteiger charge is -2.04. The van der Waals surface area contributed by atoms with Crippen molar-refractivity contribution in [3.05, 3.63) is 106 Å². The van der Waals surface area contributed by atoms with E-state index in [0.717, 1.165) is 38.5 Å². The lowest BCUT2D eigenvalue weighted by molar-refractivity contribution is -0.428. The van der Waals surface area contributed by atoms with E-state index in [9.17, 15) is 0 Å². The number of hydrogen-bond acceptors (Lipinski definition) is 1. The maximum absolute atomic E-state index is 5.10. The summed E-state index contributed by atoms with van der Waals surface area (Å²) in [6.45, 7) is 2.12. The minimum Gasteiger partial charge on any atom is -0.358 e. The van der Waals surface area contributed by atoms with Crippen LogP contribution in [0.2, 0.25) is 0 Å². The fraction of sp³-hybridized carbons (Fsp3) is 0.0417. The first-order valence-electron chi connectivity index (χ1n) is 9.27. The zero-order valence-electron chi connectivity index (χ0n) is 15.4. The van der Waals surface area contributed by atoms with E-state index in [0.29, 0.717) is 0 Å². The number of aromatic amines is 1. The Morgan fingerprint density at radius 3 is 2.32 bits per heavy atom. The highest BCUT2D eigenvalue weighted by molar-refractivity contribution is 9.10. The van der Waals surface area contributed by atoms with Gasteiger partial charge in [-0.3, -0.25) is 5.32 Å². The largest absolute Gasteiger partial charge is 0.358 e. The van der Waals surface area contributed by atoms with Gasteiger partial charge in [-0.25, -0.2) is 0 Å². The third-order valence-electron chi connectivity index (χ3n) is 5.12. The molecule has 136 valence electrons. The Labute approximate surface area is 172 Å². The zero-order chi connectivity index (χ0) is 19.1. The molecule has 0 bridgehead atoms. The number of para-hydroxylation sites is 1. The van der Waals surface area contributed by atoms with Crippen LogP contribution >= 0.6 is 15.9 Å². The number of hydrogen-bond donors (Lipinski definition) is 2. The van der Waals surface area contributed by atoms with Gasteiger partial charge < -0.3 is 4.98 Å². The van der Waals surface area contributed by atoms with Gasteiger partial charge in [0.25, 0.3) is 0 Å². The highest BCUT2D eigenvalue weighted by Crippen LogP contribution is 2.30. The quantitative estimate of drug-likeness (QED) is 0.456. The number of rotatable bonds is 3. The van der Waals surface area contributed by atoms with Gasteiger partial charge in [-0.15, -0.1) is 0 Å². The third kappa shape index (κ3) is 2.91. The van der Waals surface area contributed by atoms with Crippen molar-refractivity contribution in [2.75, 3.05) is 0 Å². The first-order chi connectivity index (χ1) is 13.7. The SMILES string of the molecule is Cc1[nH]c2ccccc2c1C1=NC(c2ccccc2)=C(c2ccc(Br)cc2)[NH2+]1. The van der Waals surface area contributed by atoms with Crippen molar-refractivity contribution in [3.8, 4) is 0 Å². The summed E-state index contributed by atoms with van der Waals surface area (Å²) in [7, 11) is 0. The number of H-pyrrole nitrogens is 1. The molecular formula is C24H19BrN3+. The summed E-state index contributed by atoms with van der Waals surface area (Å²) >= 11 is 3.54. The number of fused-ring (bicyclic) bond motifs is 1. The highest BCUT2D eigenvalue weighted by Gasteiger charge is 2.29. The lowest BCUT2D eigenvalue weighted by atomic mass is 10.1. The van der Waals surface area contributed by atoms with E-state index in [1.54, 1.807) is 0 Å². The average Bonchev–Trinajstić information content (AvgIpc) is 3.29. The Kier molecular flexibility index (Phi) is 4.23. The smallest absolute Gasteiger partial charge is 0.240 e. The van der Waals surface area contributed by atoms with Crippen LogP contribution in [0.4, 0.5) is 0 Å². The molecular weight excluding hydrogens is 410 g/mol. The average molecular weight is 429 g/mol. The van der Waals surface area contributed by atoms with Gasteiger partial charge in [-0.1, -0.05) is 64.5 Å². The van der Waals surface area contributed by atoms with E-state index in [1.165, 1.54) is 16.5 Å². The van der Waals surface area contributed by atoms with E-state index >= 15 is 0 Å². The molecule has 1 aliphatic rings. The molecule has 5 rings (SSSR count). The van der Waals surface area contributed by atoms with Gasteiger partial charge in [0.2, 0.25) is 5.84 Å². The molecule has 0 saturated heterocycles. The van der Waals surface area contributed by atoms with Crippen LogP contribution in [-0.4, -0.2) is 10.8 Å². The van der Waals surface area contributed by atoms with Gasteiger partial charge in [-0.05, 0) is 37.3 Å². The standard InChI is InChI=1S/C24H18BrN3/c1-15-21(19-9-5-6-10-20(19)26-15)24-27-22(16-7-3-2-4-8-16)23(28-24)17-11-13-18(25)14-12-17/h2-14,26H,1H3,(H,27,28)/p+1. The highest BCUT2D eigenvalue weighted by atomic mass is 79.9. The predicted molar refractivity (Wildman–Crippen MR) is 119 cm³/mol. The second-order valence-corrected chi connectivity index (χ2v) is 7.86. The first-order valence-corrected chi connectivity index (χ1v) is 10.1. The van der Waals surface area contributed by atoms with Crippen LogP contribution in [0.1, 0.15) is 22.4 Å². The molecule has 0 atom stereocenters. The Hall–Kier alpha value is -2.95. The van der Waals surface area contributed by atoms with Crippen LogP contribution in [0.15, 0.2) is 88.3 Å².